The highest BCUT2D eigenvalue weighted by atomic mass is 16.1. The number of hydrogen-bond donors (Lipinski definition) is 1. The fraction of sp³-hybridized carbons (Fsp3) is 0.278. The van der Waals surface area contributed by atoms with E-state index in [4.69, 9.17) is 0 Å². The van der Waals surface area contributed by atoms with Gasteiger partial charge in [-0.3, -0.25) is 4.79 Å². The fourth-order valence-electron chi connectivity index (χ4n) is 2.06. The van der Waals surface area contributed by atoms with Gasteiger partial charge in [-0.1, -0.05) is 43.7 Å². The van der Waals surface area contributed by atoms with E-state index in [0.717, 1.165) is 16.5 Å². The first kappa shape index (κ1) is 16.0. The number of aromatic amines is 1. The summed E-state index contributed by atoms with van der Waals surface area (Å²) in [5.74, 6) is 0. The maximum Gasteiger partial charge on any atom is 0.256 e. The van der Waals surface area contributed by atoms with E-state index in [0.29, 0.717) is 5.56 Å². The smallest absolute Gasteiger partial charge is 0.256 e. The lowest BCUT2D eigenvalue weighted by Gasteiger charge is -2.05. The third-order valence-corrected chi connectivity index (χ3v) is 2.97. The number of benzene rings is 1. The highest BCUT2D eigenvalue weighted by molar-refractivity contribution is 5.84. The molecule has 1 aromatic heterocycles. The van der Waals surface area contributed by atoms with E-state index in [1.165, 1.54) is 5.56 Å². The highest BCUT2D eigenvalue weighted by Crippen LogP contribution is 2.18. The van der Waals surface area contributed by atoms with E-state index in [1.807, 2.05) is 71.0 Å². The molecule has 0 amide bonds. The molecule has 0 saturated carbocycles. The largest absolute Gasteiger partial charge is 0.321 e. The monoisotopic (exact) mass is 269 g/mol. The fourth-order valence-corrected chi connectivity index (χ4v) is 2.06. The molecule has 0 saturated heterocycles. The van der Waals surface area contributed by atoms with E-state index in [9.17, 15) is 4.79 Å². The van der Waals surface area contributed by atoms with Crippen molar-refractivity contribution in [2.75, 3.05) is 0 Å². The molecule has 0 radical (unpaired) electrons. The second-order valence-electron chi connectivity index (χ2n) is 4.35. The number of aryl methyl sites for hydroxylation is 1. The Kier molecular flexibility index (Phi) is 5.98. The van der Waals surface area contributed by atoms with E-state index < -0.39 is 0 Å². The average Bonchev–Trinajstić information content (AvgIpc) is 2.47. The summed E-state index contributed by atoms with van der Waals surface area (Å²) in [5, 5.41) is 1.06. The molecule has 20 heavy (non-hydrogen) atoms. The van der Waals surface area contributed by atoms with Crippen LogP contribution in [0.15, 0.2) is 47.3 Å². The molecule has 0 unspecified atom stereocenters. The van der Waals surface area contributed by atoms with E-state index in [2.05, 4.69) is 11.1 Å². The van der Waals surface area contributed by atoms with Crippen LogP contribution in [0.5, 0.6) is 0 Å². The number of H-pyrrole nitrogens is 1. The molecular weight excluding hydrogens is 246 g/mol. The molecule has 106 valence electrons. The molecule has 2 nitrogen and oxygen atoms in total. The zero-order valence-corrected chi connectivity index (χ0v) is 12.9. The zero-order valence-electron chi connectivity index (χ0n) is 12.9. The Morgan fingerprint density at radius 1 is 1.15 bits per heavy atom. The van der Waals surface area contributed by atoms with Crippen LogP contribution in [0.2, 0.25) is 0 Å². The number of nitrogens with one attached hydrogen (secondary N) is 1. The quantitative estimate of drug-likeness (QED) is 0.777. The number of pyridine rings is 1. The average molecular weight is 269 g/mol. The van der Waals surface area contributed by atoms with Crippen molar-refractivity contribution in [2.24, 2.45) is 0 Å². The van der Waals surface area contributed by atoms with Gasteiger partial charge in [-0.25, -0.2) is 0 Å². The SMILES string of the molecule is C/C=C\C(=C/C)c1cc2cc(C)ccc2[nH]c1=O.CC. The molecule has 1 aromatic carbocycles. The number of hydrogen-bond acceptors (Lipinski definition) is 1. The van der Waals surface area contributed by atoms with Gasteiger partial charge in [-0.05, 0) is 49.9 Å². The minimum Gasteiger partial charge on any atom is -0.321 e. The molecule has 0 spiro atoms. The third-order valence-electron chi connectivity index (χ3n) is 2.97. The summed E-state index contributed by atoms with van der Waals surface area (Å²) >= 11 is 0. The van der Waals surface area contributed by atoms with Gasteiger partial charge in [0.05, 0.1) is 0 Å². The van der Waals surface area contributed by atoms with Gasteiger partial charge in [0.2, 0.25) is 0 Å². The molecule has 2 heteroatoms. The molecule has 0 aliphatic rings. The number of rotatable bonds is 2. The number of aromatic nitrogens is 1. The molecule has 0 aliphatic heterocycles. The van der Waals surface area contributed by atoms with Gasteiger partial charge in [0.1, 0.15) is 0 Å². The normalized spacial score (nSPS) is 11.6. The van der Waals surface area contributed by atoms with Crippen molar-refractivity contribution >= 4 is 16.5 Å². The van der Waals surface area contributed by atoms with E-state index in [1.54, 1.807) is 0 Å². The van der Waals surface area contributed by atoms with Crippen LogP contribution in [-0.2, 0) is 0 Å². The Hall–Kier alpha value is -2.09. The summed E-state index contributed by atoms with van der Waals surface area (Å²) in [4.78, 5) is 15.0. The first-order chi connectivity index (χ1) is 9.65. The summed E-state index contributed by atoms with van der Waals surface area (Å²) in [6.07, 6.45) is 5.84. The molecule has 0 fully saturated rings. The maximum absolute atomic E-state index is 12.1. The standard InChI is InChI=1S/C16H17NO.C2H6/c1-4-6-12(5-2)14-10-13-9-11(3)7-8-15(13)17-16(14)18;1-2/h4-10H,1-3H3,(H,17,18);1-2H3/b6-4-,12-5+;. The topological polar surface area (TPSA) is 32.9 Å². The van der Waals surface area contributed by atoms with E-state index in [-0.39, 0.29) is 5.56 Å². The summed E-state index contributed by atoms with van der Waals surface area (Å²) in [6, 6.07) is 7.98. The Bertz CT molecular complexity index is 690. The molecule has 0 aliphatic carbocycles. The second-order valence-corrected chi connectivity index (χ2v) is 4.35. The van der Waals surface area contributed by atoms with Crippen molar-refractivity contribution < 1.29 is 0 Å². The van der Waals surface area contributed by atoms with Crippen LogP contribution >= 0.6 is 0 Å². The summed E-state index contributed by atoms with van der Waals surface area (Å²) in [5.41, 5.74) is 3.69. The molecule has 0 atom stereocenters. The van der Waals surface area contributed by atoms with Crippen molar-refractivity contribution in [3.63, 3.8) is 0 Å². The Balaban J connectivity index is 0.000000956. The maximum atomic E-state index is 12.1. The van der Waals surface area contributed by atoms with Gasteiger partial charge in [0.15, 0.2) is 0 Å². The van der Waals surface area contributed by atoms with Crippen LogP contribution < -0.4 is 5.56 Å². The Morgan fingerprint density at radius 2 is 1.85 bits per heavy atom. The van der Waals surface area contributed by atoms with Gasteiger partial charge in [0, 0.05) is 11.1 Å². The van der Waals surface area contributed by atoms with E-state index >= 15 is 0 Å². The minimum absolute atomic E-state index is 0.0439. The van der Waals surface area contributed by atoms with Crippen molar-refractivity contribution in [1.29, 1.82) is 0 Å². The Morgan fingerprint density at radius 3 is 2.45 bits per heavy atom. The van der Waals surface area contributed by atoms with Crippen LogP contribution in [0.3, 0.4) is 0 Å². The summed E-state index contributed by atoms with van der Waals surface area (Å²) in [7, 11) is 0. The molecule has 2 aromatic rings. The minimum atomic E-state index is -0.0439. The van der Waals surface area contributed by atoms with Crippen molar-refractivity contribution in [3.8, 4) is 0 Å². The molecule has 2 rings (SSSR count). The first-order valence-electron chi connectivity index (χ1n) is 7.08. The Labute approximate surface area is 120 Å². The van der Waals surface area contributed by atoms with Crippen molar-refractivity contribution in [2.45, 2.75) is 34.6 Å². The highest BCUT2D eigenvalue weighted by Gasteiger charge is 2.05. The van der Waals surface area contributed by atoms with Gasteiger partial charge in [0.25, 0.3) is 5.56 Å². The molecule has 1 heterocycles. The van der Waals surface area contributed by atoms with Crippen LogP contribution in [0, 0.1) is 6.92 Å². The van der Waals surface area contributed by atoms with Crippen molar-refractivity contribution in [1.82, 2.24) is 4.98 Å². The first-order valence-corrected chi connectivity index (χ1v) is 7.08. The molecular formula is C18H23NO. The van der Waals surface area contributed by atoms with Gasteiger partial charge >= 0.3 is 0 Å². The number of fused-ring (bicyclic) bond motifs is 1. The lowest BCUT2D eigenvalue weighted by atomic mass is 10.0. The van der Waals surface area contributed by atoms with Crippen LogP contribution in [-0.4, -0.2) is 4.98 Å². The predicted molar refractivity (Wildman–Crippen MR) is 89.1 cm³/mol. The predicted octanol–water partition coefficient (Wildman–Crippen LogP) is 4.84. The number of allylic oxidation sites excluding steroid dienone is 4. The van der Waals surface area contributed by atoms with Gasteiger partial charge in [-0.2, -0.15) is 0 Å². The molecule has 1 N–H and O–H groups in total. The van der Waals surface area contributed by atoms with Crippen LogP contribution in [0.4, 0.5) is 0 Å². The summed E-state index contributed by atoms with van der Waals surface area (Å²) in [6.45, 7) is 9.94. The van der Waals surface area contributed by atoms with Gasteiger partial charge in [-0.15, -0.1) is 0 Å². The second kappa shape index (κ2) is 7.49. The van der Waals surface area contributed by atoms with Crippen LogP contribution in [0.25, 0.3) is 16.5 Å². The van der Waals surface area contributed by atoms with Crippen LogP contribution in [0.1, 0.15) is 38.8 Å². The van der Waals surface area contributed by atoms with Gasteiger partial charge < -0.3 is 4.98 Å². The van der Waals surface area contributed by atoms with Crippen molar-refractivity contribution in [3.05, 3.63) is 64.0 Å². The zero-order chi connectivity index (χ0) is 15.1. The lowest BCUT2D eigenvalue weighted by Crippen LogP contribution is -2.11. The summed E-state index contributed by atoms with van der Waals surface area (Å²) < 4.78 is 0. The molecule has 0 bridgehead atoms. The lowest BCUT2D eigenvalue weighted by molar-refractivity contribution is 1.28. The third kappa shape index (κ3) is 3.47.